The van der Waals surface area contributed by atoms with Crippen LogP contribution in [0.3, 0.4) is 0 Å². The summed E-state index contributed by atoms with van der Waals surface area (Å²) in [5.74, 6) is 0. The lowest BCUT2D eigenvalue weighted by Crippen LogP contribution is -1.87. The van der Waals surface area contributed by atoms with E-state index in [9.17, 15) is 0 Å². The number of rotatable bonds is 15. The molecule has 0 aromatic rings. The van der Waals surface area contributed by atoms with Crippen molar-refractivity contribution in [2.45, 2.75) is 90.4 Å². The van der Waals surface area contributed by atoms with Gasteiger partial charge in [-0.1, -0.05) is 70.4 Å². The van der Waals surface area contributed by atoms with E-state index in [4.69, 9.17) is 4.74 Å². The van der Waals surface area contributed by atoms with Gasteiger partial charge >= 0.3 is 0 Å². The Morgan fingerprint density at radius 2 is 1.11 bits per heavy atom. The van der Waals surface area contributed by atoms with E-state index in [-0.39, 0.29) is 0 Å². The Morgan fingerprint density at radius 3 is 1.63 bits per heavy atom. The van der Waals surface area contributed by atoms with Crippen LogP contribution in [0.1, 0.15) is 90.4 Å². The Morgan fingerprint density at radius 1 is 0.632 bits per heavy atom. The SMILES string of the molecule is CCCCCCCC/C=C/CCCCCCCOC. The molecule has 0 unspecified atom stereocenters. The third kappa shape index (κ3) is 17.7. The van der Waals surface area contributed by atoms with Gasteiger partial charge in [-0.3, -0.25) is 0 Å². The lowest BCUT2D eigenvalue weighted by molar-refractivity contribution is 0.192. The predicted octanol–water partition coefficient (Wildman–Crippen LogP) is 6.28. The lowest BCUT2D eigenvalue weighted by atomic mass is 10.1. The maximum absolute atomic E-state index is 5.04. The third-order valence-electron chi connectivity index (χ3n) is 3.61. The summed E-state index contributed by atoms with van der Waals surface area (Å²) in [6.45, 7) is 3.21. The lowest BCUT2D eigenvalue weighted by Gasteiger charge is -1.99. The fraction of sp³-hybridized carbons (Fsp3) is 0.889. The minimum absolute atomic E-state index is 0.929. The third-order valence-corrected chi connectivity index (χ3v) is 3.61. The Balaban J connectivity index is 3.01. The van der Waals surface area contributed by atoms with Crippen molar-refractivity contribution in [2.24, 2.45) is 0 Å². The van der Waals surface area contributed by atoms with Gasteiger partial charge in [-0.2, -0.15) is 0 Å². The van der Waals surface area contributed by atoms with E-state index in [0.29, 0.717) is 0 Å². The maximum atomic E-state index is 5.04. The Kier molecular flexibility index (Phi) is 17.4. The molecule has 0 N–H and O–H groups in total. The quantitative estimate of drug-likeness (QED) is 0.251. The predicted molar refractivity (Wildman–Crippen MR) is 86.7 cm³/mol. The van der Waals surface area contributed by atoms with Crippen LogP contribution in [0.25, 0.3) is 0 Å². The molecule has 0 fully saturated rings. The van der Waals surface area contributed by atoms with Crippen molar-refractivity contribution in [3.05, 3.63) is 12.2 Å². The molecule has 0 atom stereocenters. The molecule has 19 heavy (non-hydrogen) atoms. The smallest absolute Gasteiger partial charge is 0.0462 e. The number of unbranched alkanes of at least 4 members (excludes halogenated alkanes) is 11. The second-order valence-electron chi connectivity index (χ2n) is 5.58. The molecule has 1 nitrogen and oxygen atoms in total. The summed E-state index contributed by atoms with van der Waals surface area (Å²) in [7, 11) is 1.79. The molecular formula is C18H36O. The first-order chi connectivity index (χ1) is 9.41. The minimum atomic E-state index is 0.929. The van der Waals surface area contributed by atoms with Gasteiger partial charge in [0.05, 0.1) is 0 Å². The maximum Gasteiger partial charge on any atom is 0.0462 e. The van der Waals surface area contributed by atoms with Crippen molar-refractivity contribution in [2.75, 3.05) is 13.7 Å². The van der Waals surface area contributed by atoms with E-state index >= 15 is 0 Å². The standard InChI is InChI=1S/C18H36O/c1-3-4-5-6-7-8-9-10-11-12-13-14-15-16-17-18-19-2/h10-11H,3-9,12-18H2,1-2H3/b11-10+. The highest BCUT2D eigenvalue weighted by atomic mass is 16.5. The highest BCUT2D eigenvalue weighted by Gasteiger charge is 1.90. The van der Waals surface area contributed by atoms with Crippen molar-refractivity contribution < 1.29 is 4.74 Å². The zero-order chi connectivity index (χ0) is 14.0. The number of hydrogen-bond donors (Lipinski definition) is 0. The van der Waals surface area contributed by atoms with Crippen molar-refractivity contribution in [1.29, 1.82) is 0 Å². The molecule has 0 saturated carbocycles. The average Bonchev–Trinajstić information content (AvgIpc) is 2.43. The number of methoxy groups -OCH3 is 1. The topological polar surface area (TPSA) is 9.23 Å². The summed E-state index contributed by atoms with van der Waals surface area (Å²) < 4.78 is 5.04. The van der Waals surface area contributed by atoms with Gasteiger partial charge in [0.15, 0.2) is 0 Å². The van der Waals surface area contributed by atoms with E-state index in [1.807, 2.05) is 0 Å². The van der Waals surface area contributed by atoms with Gasteiger partial charge in [-0.15, -0.1) is 0 Å². The summed E-state index contributed by atoms with van der Waals surface area (Å²) in [4.78, 5) is 0. The van der Waals surface area contributed by atoms with Crippen LogP contribution in [0.15, 0.2) is 12.2 Å². The van der Waals surface area contributed by atoms with Crippen LogP contribution in [0.4, 0.5) is 0 Å². The molecule has 0 spiro atoms. The first-order valence-electron chi connectivity index (χ1n) is 8.55. The molecule has 0 saturated heterocycles. The van der Waals surface area contributed by atoms with E-state index < -0.39 is 0 Å². The first kappa shape index (κ1) is 18.7. The molecule has 0 aromatic carbocycles. The zero-order valence-corrected chi connectivity index (χ0v) is 13.5. The van der Waals surface area contributed by atoms with Crippen molar-refractivity contribution >= 4 is 0 Å². The molecule has 0 amide bonds. The van der Waals surface area contributed by atoms with Crippen LogP contribution in [0.5, 0.6) is 0 Å². The fourth-order valence-corrected chi connectivity index (χ4v) is 2.32. The molecule has 0 aromatic heterocycles. The monoisotopic (exact) mass is 268 g/mol. The minimum Gasteiger partial charge on any atom is -0.385 e. The fourth-order valence-electron chi connectivity index (χ4n) is 2.32. The Hall–Kier alpha value is -0.300. The number of ether oxygens (including phenoxy) is 1. The second kappa shape index (κ2) is 17.7. The highest BCUT2D eigenvalue weighted by Crippen LogP contribution is 2.09. The molecule has 0 heterocycles. The van der Waals surface area contributed by atoms with Gasteiger partial charge in [0.2, 0.25) is 0 Å². The van der Waals surface area contributed by atoms with Gasteiger partial charge < -0.3 is 4.74 Å². The van der Waals surface area contributed by atoms with Gasteiger partial charge in [0.1, 0.15) is 0 Å². The number of allylic oxidation sites excluding steroid dienone is 2. The van der Waals surface area contributed by atoms with Gasteiger partial charge in [0.25, 0.3) is 0 Å². The van der Waals surface area contributed by atoms with Crippen LogP contribution in [-0.2, 0) is 4.74 Å². The molecule has 0 bridgehead atoms. The normalized spacial score (nSPS) is 11.5. The van der Waals surface area contributed by atoms with Gasteiger partial charge in [0, 0.05) is 13.7 Å². The largest absolute Gasteiger partial charge is 0.385 e. The van der Waals surface area contributed by atoms with Crippen LogP contribution < -0.4 is 0 Å². The van der Waals surface area contributed by atoms with E-state index in [1.165, 1.54) is 83.5 Å². The van der Waals surface area contributed by atoms with Gasteiger partial charge in [-0.05, 0) is 32.1 Å². The van der Waals surface area contributed by atoms with E-state index in [0.717, 1.165) is 6.61 Å². The Labute approximate surface area is 121 Å². The Bertz CT molecular complexity index is 175. The van der Waals surface area contributed by atoms with E-state index in [2.05, 4.69) is 19.1 Å². The highest BCUT2D eigenvalue weighted by molar-refractivity contribution is 4.81. The molecule has 0 radical (unpaired) electrons. The van der Waals surface area contributed by atoms with Crippen molar-refractivity contribution in [3.63, 3.8) is 0 Å². The van der Waals surface area contributed by atoms with Crippen LogP contribution in [-0.4, -0.2) is 13.7 Å². The average molecular weight is 268 g/mol. The van der Waals surface area contributed by atoms with Crippen LogP contribution in [0, 0.1) is 0 Å². The van der Waals surface area contributed by atoms with E-state index in [1.54, 1.807) is 7.11 Å². The van der Waals surface area contributed by atoms with Crippen LogP contribution >= 0.6 is 0 Å². The summed E-state index contributed by atoms with van der Waals surface area (Å²) in [6.07, 6.45) is 22.5. The molecular weight excluding hydrogens is 232 g/mol. The molecule has 0 aliphatic heterocycles. The molecule has 0 rings (SSSR count). The molecule has 0 aliphatic carbocycles. The summed E-state index contributed by atoms with van der Waals surface area (Å²) in [5.41, 5.74) is 0. The van der Waals surface area contributed by atoms with Crippen molar-refractivity contribution in [1.82, 2.24) is 0 Å². The second-order valence-corrected chi connectivity index (χ2v) is 5.58. The molecule has 114 valence electrons. The molecule has 0 aliphatic rings. The first-order valence-corrected chi connectivity index (χ1v) is 8.55. The summed E-state index contributed by atoms with van der Waals surface area (Å²) in [5, 5.41) is 0. The zero-order valence-electron chi connectivity index (χ0n) is 13.5. The van der Waals surface area contributed by atoms with Crippen molar-refractivity contribution in [3.8, 4) is 0 Å². The summed E-state index contributed by atoms with van der Waals surface area (Å²) in [6, 6.07) is 0. The van der Waals surface area contributed by atoms with Gasteiger partial charge in [-0.25, -0.2) is 0 Å². The van der Waals surface area contributed by atoms with Crippen LogP contribution in [0.2, 0.25) is 0 Å². The summed E-state index contributed by atoms with van der Waals surface area (Å²) >= 11 is 0. The number of hydrogen-bond acceptors (Lipinski definition) is 1. The molecule has 1 heteroatoms.